The molecule has 49 heavy (non-hydrogen) atoms. The molecule has 0 saturated heterocycles. The van der Waals surface area contributed by atoms with Crippen LogP contribution in [0.25, 0.3) is 11.3 Å². The molecule has 0 heterocycles. The van der Waals surface area contributed by atoms with E-state index in [4.69, 9.17) is 5.73 Å². The number of hydrogen-bond acceptors (Lipinski definition) is 8. The number of rotatable bonds is 10. The third kappa shape index (κ3) is 8.25. The molecule has 14 heteroatoms. The van der Waals surface area contributed by atoms with Crippen molar-refractivity contribution in [3.8, 4) is 0 Å². The molecule has 0 saturated carbocycles. The van der Waals surface area contributed by atoms with Gasteiger partial charge in [-0.3, -0.25) is 13.7 Å². The van der Waals surface area contributed by atoms with Crippen LogP contribution in [0.4, 0.5) is 5.69 Å². The van der Waals surface area contributed by atoms with Gasteiger partial charge in [0.15, 0.2) is 0 Å². The van der Waals surface area contributed by atoms with Crippen LogP contribution < -0.4 is 21.5 Å². The first-order chi connectivity index (χ1) is 23.1. The van der Waals surface area contributed by atoms with Crippen LogP contribution in [0.2, 0.25) is 0 Å². The SMILES string of the molecule is CCC(Nc1ccc(C(c2ccccc2S(=O)(=O)O)=c2ccc(=C(N)c3cccc(S(=O)(=O)O)c3)cc2)cc1)c1cccc(S(=O)(=O)O)c1. The second-order valence-corrected chi connectivity index (χ2v) is 15.3. The van der Waals surface area contributed by atoms with Gasteiger partial charge in [-0.05, 0) is 81.6 Å². The van der Waals surface area contributed by atoms with Crippen molar-refractivity contribution >= 4 is 47.3 Å². The number of nitrogens with one attached hydrogen (secondary N) is 1. The van der Waals surface area contributed by atoms with Crippen molar-refractivity contribution in [1.29, 1.82) is 0 Å². The molecule has 0 amide bonds. The molecule has 0 radical (unpaired) electrons. The lowest BCUT2D eigenvalue weighted by molar-refractivity contribution is 0.480. The summed E-state index contributed by atoms with van der Waals surface area (Å²) in [6.45, 7) is 1.92. The Morgan fingerprint density at radius 1 is 0.633 bits per heavy atom. The zero-order chi connectivity index (χ0) is 35.6. The number of hydrogen-bond donors (Lipinski definition) is 5. The largest absolute Gasteiger partial charge is 0.398 e. The van der Waals surface area contributed by atoms with Gasteiger partial charge in [0.1, 0.15) is 4.90 Å². The second kappa shape index (κ2) is 14.0. The lowest BCUT2D eigenvalue weighted by Gasteiger charge is -2.20. The van der Waals surface area contributed by atoms with Crippen molar-refractivity contribution in [3.63, 3.8) is 0 Å². The van der Waals surface area contributed by atoms with Gasteiger partial charge in [-0.25, -0.2) is 0 Å². The van der Waals surface area contributed by atoms with E-state index < -0.39 is 30.4 Å². The van der Waals surface area contributed by atoms with E-state index in [1.54, 1.807) is 78.9 Å². The highest BCUT2D eigenvalue weighted by Gasteiger charge is 2.20. The molecule has 0 aliphatic rings. The van der Waals surface area contributed by atoms with E-state index in [9.17, 15) is 38.9 Å². The van der Waals surface area contributed by atoms with Gasteiger partial charge in [-0.15, -0.1) is 0 Å². The van der Waals surface area contributed by atoms with Crippen molar-refractivity contribution in [2.75, 3.05) is 5.32 Å². The van der Waals surface area contributed by atoms with Crippen LogP contribution >= 0.6 is 0 Å². The van der Waals surface area contributed by atoms with E-state index in [0.717, 1.165) is 0 Å². The standard InChI is InChI=1S/C35H32N2O9S3/c1-2-32(26-7-5-9-29(21-26)47(38,39)40)37-28-19-17-24(18-20-28)34(31-11-3-4-12-33(31)49(44,45)46)23-13-15-25(16-14-23)35(36)27-8-6-10-30(22-27)48(41,42)43/h3-22,32,37H,2,36H2,1H3,(H,38,39,40)(H,41,42,43)(H,44,45,46). The van der Waals surface area contributed by atoms with Crippen molar-refractivity contribution in [2.24, 2.45) is 5.73 Å². The number of nitrogens with two attached hydrogens (primary N) is 1. The van der Waals surface area contributed by atoms with Gasteiger partial charge in [-0.1, -0.05) is 85.8 Å². The van der Waals surface area contributed by atoms with E-state index in [1.807, 2.05) is 6.92 Å². The lowest BCUT2D eigenvalue weighted by atomic mass is 9.94. The Bertz CT molecular complexity index is 2480. The summed E-state index contributed by atoms with van der Waals surface area (Å²) in [5.41, 5.74) is 9.62. The highest BCUT2D eigenvalue weighted by molar-refractivity contribution is 7.86. The quantitative estimate of drug-likeness (QED) is 0.128. The van der Waals surface area contributed by atoms with Gasteiger partial charge in [0, 0.05) is 16.9 Å². The molecular weight excluding hydrogens is 689 g/mol. The molecule has 6 N–H and O–H groups in total. The summed E-state index contributed by atoms with van der Waals surface area (Å²) in [6.07, 6.45) is 0.586. The van der Waals surface area contributed by atoms with Gasteiger partial charge < -0.3 is 11.1 Å². The van der Waals surface area contributed by atoms with E-state index in [2.05, 4.69) is 5.32 Å². The minimum atomic E-state index is -4.63. The Labute approximate surface area is 284 Å². The van der Waals surface area contributed by atoms with Crippen molar-refractivity contribution in [3.05, 3.63) is 154 Å². The van der Waals surface area contributed by atoms with Gasteiger partial charge >= 0.3 is 0 Å². The molecule has 5 rings (SSSR count). The molecule has 254 valence electrons. The minimum Gasteiger partial charge on any atom is -0.398 e. The summed E-state index contributed by atoms with van der Waals surface area (Å²) < 4.78 is 101. The van der Waals surface area contributed by atoms with Crippen molar-refractivity contribution < 1.29 is 38.9 Å². The lowest BCUT2D eigenvalue weighted by Crippen LogP contribution is -2.18. The van der Waals surface area contributed by atoms with Crippen LogP contribution in [0.3, 0.4) is 0 Å². The zero-order valence-corrected chi connectivity index (χ0v) is 28.4. The Balaban J connectivity index is 1.61. The van der Waals surface area contributed by atoms with Gasteiger partial charge in [0.2, 0.25) is 0 Å². The third-order valence-electron chi connectivity index (χ3n) is 7.84. The maximum atomic E-state index is 12.4. The Morgan fingerprint density at radius 3 is 1.80 bits per heavy atom. The summed E-state index contributed by atoms with van der Waals surface area (Å²) in [5.74, 6) is 0. The van der Waals surface area contributed by atoms with E-state index in [-0.39, 0.29) is 32.0 Å². The molecule has 5 aromatic carbocycles. The van der Waals surface area contributed by atoms with Crippen molar-refractivity contribution in [1.82, 2.24) is 0 Å². The predicted molar refractivity (Wildman–Crippen MR) is 186 cm³/mol. The van der Waals surface area contributed by atoms with E-state index >= 15 is 0 Å². The first-order valence-corrected chi connectivity index (χ1v) is 19.1. The molecular formula is C35H32N2O9S3. The molecule has 0 bridgehead atoms. The van der Waals surface area contributed by atoms with Gasteiger partial charge in [-0.2, -0.15) is 25.3 Å². The second-order valence-electron chi connectivity index (χ2n) is 11.1. The fraction of sp³-hybridized carbons (Fsp3) is 0.0857. The Kier molecular flexibility index (Phi) is 10.1. The fourth-order valence-corrected chi connectivity index (χ4v) is 7.19. The topological polar surface area (TPSA) is 201 Å². The highest BCUT2D eigenvalue weighted by atomic mass is 32.2. The minimum absolute atomic E-state index is 0.214. The summed E-state index contributed by atoms with van der Waals surface area (Å²) in [7, 11) is -13.5. The van der Waals surface area contributed by atoms with Gasteiger partial charge in [0.25, 0.3) is 30.4 Å². The van der Waals surface area contributed by atoms with E-state index in [0.29, 0.717) is 44.8 Å². The van der Waals surface area contributed by atoms with E-state index in [1.165, 1.54) is 42.5 Å². The predicted octanol–water partition coefficient (Wildman–Crippen LogP) is 4.35. The summed E-state index contributed by atoms with van der Waals surface area (Å²) in [6, 6.07) is 31.2. The fourth-order valence-electron chi connectivity index (χ4n) is 5.43. The van der Waals surface area contributed by atoms with Crippen LogP contribution in [-0.2, 0) is 30.4 Å². The average molecular weight is 721 g/mol. The van der Waals surface area contributed by atoms with Crippen molar-refractivity contribution in [2.45, 2.75) is 34.1 Å². The zero-order valence-electron chi connectivity index (χ0n) is 25.9. The normalized spacial score (nSPS) is 12.7. The summed E-state index contributed by atoms with van der Waals surface area (Å²) in [5, 5.41) is 4.47. The smallest absolute Gasteiger partial charge is 0.295 e. The number of benzene rings is 5. The summed E-state index contributed by atoms with van der Waals surface area (Å²) >= 11 is 0. The molecule has 5 aromatic rings. The Hall–Kier alpha value is -4.83. The molecule has 0 aliphatic carbocycles. The molecule has 0 fully saturated rings. The maximum Gasteiger partial charge on any atom is 0.295 e. The van der Waals surface area contributed by atoms with Crippen LogP contribution in [0.5, 0.6) is 0 Å². The maximum absolute atomic E-state index is 12.4. The molecule has 0 aromatic heterocycles. The third-order valence-corrected chi connectivity index (χ3v) is 10.5. The monoisotopic (exact) mass is 720 g/mol. The van der Waals surface area contributed by atoms with Crippen LogP contribution in [0.1, 0.15) is 41.6 Å². The molecule has 1 atom stereocenters. The first kappa shape index (κ1) is 35.5. The molecule has 0 aliphatic heterocycles. The molecule has 0 spiro atoms. The molecule has 1 unspecified atom stereocenters. The highest BCUT2D eigenvalue weighted by Crippen LogP contribution is 2.30. The Morgan fingerprint density at radius 2 is 1.20 bits per heavy atom. The number of anilines is 1. The van der Waals surface area contributed by atoms with Crippen LogP contribution in [0, 0.1) is 0 Å². The molecule has 11 nitrogen and oxygen atoms in total. The van der Waals surface area contributed by atoms with Crippen LogP contribution in [0.15, 0.2) is 136 Å². The van der Waals surface area contributed by atoms with Crippen LogP contribution in [-0.4, -0.2) is 38.9 Å². The van der Waals surface area contributed by atoms with Gasteiger partial charge in [0.05, 0.1) is 15.8 Å². The average Bonchev–Trinajstić information content (AvgIpc) is 3.07. The summed E-state index contributed by atoms with van der Waals surface area (Å²) in [4.78, 5) is -0.819. The first-order valence-electron chi connectivity index (χ1n) is 14.8.